The van der Waals surface area contributed by atoms with Crippen molar-refractivity contribution in [3.63, 3.8) is 0 Å². The molecule has 17 rings (SSSR count). The molecule has 12 heterocycles. The molecule has 780 valence electrons. The Hall–Kier alpha value is -13.0. The number of allylic oxidation sites excluding steroid dienone is 1. The van der Waals surface area contributed by atoms with Gasteiger partial charge in [0, 0.05) is 97.4 Å². The number of nitrogens with one attached hydrogen (secondary N) is 4. The molecule has 0 radical (unpaired) electrons. The van der Waals surface area contributed by atoms with Crippen LogP contribution in [0.3, 0.4) is 0 Å². The number of carbonyl (C=O) groups excluding carboxylic acids is 4. The number of halogens is 3. The van der Waals surface area contributed by atoms with Gasteiger partial charge < -0.3 is 51.0 Å². The van der Waals surface area contributed by atoms with Gasteiger partial charge in [0.25, 0.3) is 63.7 Å². The monoisotopic (exact) mass is 2080 g/mol. The standard InChI is InChI=1S/C29H35N5O4S.C26H36N4O4S.C25H26F3N5O3S.C25H33N5O4S/c1-19-16-29(2,3)34(18-19)27-24(28(35)33-39(36,37)26-13-7-12-25(30)32-26)15-21(17-31-27)20-8-6-11-23(14-20)38-22-9-4-5-10-22;1-18-16-26(3,4)30(17-18)24-21(12-9-15-27-24)25(31)29-35(32,33)23-14-8-13-22(28-23)34-19(2)20-10-6-5-7-11-20;1-15-12-24(2,3)33(14-15)22-18(23(34)32-37(35,36)21-10-6-9-20(29)31-21)11-16(13-30-22)17-7-4-5-8-19(17)25(26,27)28;1-16-13-25(2,3)30(15-16)23-20(12-18(14-27-23)17-8-10-19(34-4)11-9-17)24(31)29-35(32,33)22-7-5-6-21(26)28-22/h6-8,11-15,17,19,22H,4-5,9-10,16,18H2,1-3H3,(H2,30,32)(H,33,35);8-9,12-15,18-20H,5-7,10-11,16-17H2,1-4H3,(H,29,31);4-11,13,15H,12,14H2,1-3H3,(H2,29,31)(H,32,34);5-8,12,14,16,19H,9-11,13,15H2,1-4H3,(H2,26,28)(H,29,31). The molecule has 4 aliphatic heterocycles. The van der Waals surface area contributed by atoms with Crippen LogP contribution in [0.15, 0.2) is 203 Å². The van der Waals surface area contributed by atoms with Crippen molar-refractivity contribution in [3.8, 4) is 33.9 Å². The fraction of sp³-hybridized carbons (Fsp3) is 0.448. The summed E-state index contributed by atoms with van der Waals surface area (Å²) in [6.07, 6.45) is 20.5. The van der Waals surface area contributed by atoms with Crippen LogP contribution in [0.1, 0.15) is 245 Å². The number of nitrogen functional groups attached to an aromatic ring is 3. The van der Waals surface area contributed by atoms with E-state index in [1.165, 1.54) is 123 Å². The van der Waals surface area contributed by atoms with E-state index in [2.05, 4.69) is 127 Å². The Morgan fingerprint density at radius 2 is 0.815 bits per heavy atom. The summed E-state index contributed by atoms with van der Waals surface area (Å²) in [7, 11) is -15.4. The lowest BCUT2D eigenvalue weighted by Gasteiger charge is -2.34. The van der Waals surface area contributed by atoms with Gasteiger partial charge in [-0.05, 0) is 289 Å². The summed E-state index contributed by atoms with van der Waals surface area (Å²) < 4.78 is 171. The molecular formula is C105H130F3N19O15S4. The lowest BCUT2D eigenvalue weighted by atomic mass is 9.86. The predicted molar refractivity (Wildman–Crippen MR) is 555 cm³/mol. The number of sulfonamides is 4. The molecule has 7 aliphatic rings. The van der Waals surface area contributed by atoms with Crippen molar-refractivity contribution in [1.29, 1.82) is 0 Å². The number of carbonyl (C=O) groups is 4. The number of rotatable bonds is 25. The van der Waals surface area contributed by atoms with Gasteiger partial charge in [-0.15, -0.1) is 0 Å². The molecule has 2 saturated carbocycles. The molecule has 10 aromatic rings. The van der Waals surface area contributed by atoms with Gasteiger partial charge in [0.05, 0.1) is 40.0 Å². The second-order valence-corrected chi connectivity index (χ2v) is 48.0. The number of nitrogens with zero attached hydrogens (tertiary/aromatic N) is 12. The van der Waals surface area contributed by atoms with E-state index < -0.39 is 86.0 Å². The van der Waals surface area contributed by atoms with E-state index in [-0.39, 0.29) is 118 Å². The quantitative estimate of drug-likeness (QED) is 0.0279. The molecule has 6 atom stereocenters. The zero-order chi connectivity index (χ0) is 106. The third-order valence-corrected chi connectivity index (χ3v) is 32.6. The average molecular weight is 2080 g/mol. The summed E-state index contributed by atoms with van der Waals surface area (Å²) in [6, 6.07) is 37.6. The minimum atomic E-state index is -4.65. The Labute approximate surface area is 852 Å². The molecule has 3 aliphatic carbocycles. The van der Waals surface area contributed by atoms with Crippen molar-refractivity contribution in [3.05, 3.63) is 216 Å². The topological polar surface area (TPSA) is 475 Å². The van der Waals surface area contributed by atoms with Crippen LogP contribution < -0.4 is 65.2 Å². The summed E-state index contributed by atoms with van der Waals surface area (Å²) in [5, 5.41) is -1.36. The van der Waals surface area contributed by atoms with Gasteiger partial charge in [-0.1, -0.05) is 108 Å². The number of pyridine rings is 8. The van der Waals surface area contributed by atoms with Crippen LogP contribution in [0.4, 0.5) is 53.9 Å². The minimum absolute atomic E-state index is 0.0198. The van der Waals surface area contributed by atoms with Gasteiger partial charge >= 0.3 is 6.18 Å². The molecule has 4 amide bonds. The van der Waals surface area contributed by atoms with Crippen molar-refractivity contribution in [2.45, 2.75) is 259 Å². The number of aromatic nitrogens is 8. The molecule has 4 saturated heterocycles. The maximum Gasteiger partial charge on any atom is 0.417 e. The van der Waals surface area contributed by atoms with Crippen molar-refractivity contribution in [2.75, 3.05) is 70.1 Å². The van der Waals surface area contributed by atoms with Crippen LogP contribution in [0.2, 0.25) is 0 Å². The van der Waals surface area contributed by atoms with Crippen LogP contribution in [0, 0.1) is 29.6 Å². The third-order valence-electron chi connectivity index (χ3n) is 27.6. The normalized spacial score (nSPS) is 20.0. The zero-order valence-corrected chi connectivity index (χ0v) is 87.8. The van der Waals surface area contributed by atoms with Crippen molar-refractivity contribution in [1.82, 2.24) is 58.8 Å². The first kappa shape index (κ1) is 109. The first-order chi connectivity index (χ1) is 68.8. The number of amides is 4. The summed E-state index contributed by atoms with van der Waals surface area (Å²) in [4.78, 5) is 95.8. The highest BCUT2D eigenvalue weighted by molar-refractivity contribution is 7.91. The highest BCUT2D eigenvalue weighted by atomic mass is 32.2. The molecule has 146 heavy (non-hydrogen) atoms. The second kappa shape index (κ2) is 44.4. The lowest BCUT2D eigenvalue weighted by Crippen LogP contribution is -2.41. The van der Waals surface area contributed by atoms with Crippen LogP contribution >= 0.6 is 0 Å². The molecule has 34 nitrogen and oxygen atoms in total. The van der Waals surface area contributed by atoms with Crippen LogP contribution in [0.25, 0.3) is 27.8 Å². The molecule has 8 aromatic heterocycles. The van der Waals surface area contributed by atoms with E-state index in [0.29, 0.717) is 59.8 Å². The Morgan fingerprint density at radius 3 is 1.23 bits per heavy atom. The number of methoxy groups -OCH3 is 1. The molecule has 41 heteroatoms. The number of benzene rings is 2. The largest absolute Gasteiger partial charge is 0.490 e. The van der Waals surface area contributed by atoms with E-state index >= 15 is 0 Å². The van der Waals surface area contributed by atoms with Gasteiger partial charge in [-0.2, -0.15) is 51.8 Å². The Bertz CT molecular complexity index is 7010. The second-order valence-electron chi connectivity index (χ2n) is 41.5. The fourth-order valence-corrected chi connectivity index (χ4v) is 24.8. The number of anilines is 7. The number of ether oxygens (including phenoxy) is 3. The minimum Gasteiger partial charge on any atom is -0.490 e. The smallest absolute Gasteiger partial charge is 0.417 e. The molecule has 2 aromatic carbocycles. The SMILES string of the molecule is CC1CN(c2ncc(-c3cccc(OC4CCCC4)c3)cc2C(=O)NS(=O)(=O)c2cccc(N)n2)C(C)(C)C1.CC1CN(c2ncc(-c3ccccc3C(F)(F)F)cc2C(=O)NS(=O)(=O)c2cccc(N)n2)C(C)(C)C1.CC1CN(c2ncccc2C(=O)NS(=O)(=O)c2cccc(OC(C)C3CCCCC3)n2)C(C)(C)C1.COC1CC=C(c2cnc(N3CC(C)CC3(C)C)c(C(=O)NS(=O)(=O)c3cccc(N)n3)c2)CC1. The van der Waals surface area contributed by atoms with E-state index in [1.807, 2.05) is 61.6 Å². The highest BCUT2D eigenvalue weighted by Crippen LogP contribution is 2.46. The van der Waals surface area contributed by atoms with E-state index in [0.717, 1.165) is 112 Å². The Morgan fingerprint density at radius 1 is 0.425 bits per heavy atom. The van der Waals surface area contributed by atoms with Gasteiger partial charge in [0.2, 0.25) is 5.88 Å². The molecular weight excluding hydrogens is 1950 g/mol. The summed E-state index contributed by atoms with van der Waals surface area (Å²) in [5.41, 5.74) is 18.6. The molecule has 6 unspecified atom stereocenters. The van der Waals surface area contributed by atoms with Crippen LogP contribution in [-0.2, 0) is 51.0 Å². The average Bonchev–Trinajstić information content (AvgIpc) is 1.53. The van der Waals surface area contributed by atoms with Gasteiger partial charge in [0.15, 0.2) is 20.1 Å². The number of nitrogens with two attached hydrogens (primary N) is 3. The Balaban J connectivity index is 0.000000154. The van der Waals surface area contributed by atoms with Crippen molar-refractivity contribution in [2.24, 2.45) is 29.6 Å². The molecule has 10 N–H and O–H groups in total. The lowest BCUT2D eigenvalue weighted by molar-refractivity contribution is -0.137. The number of alkyl halides is 3. The third kappa shape index (κ3) is 26.1. The first-order valence-electron chi connectivity index (χ1n) is 49.1. The summed E-state index contributed by atoms with van der Waals surface area (Å²) in [6.45, 7) is 29.8. The van der Waals surface area contributed by atoms with Gasteiger partial charge in [0.1, 0.15) is 52.6 Å². The van der Waals surface area contributed by atoms with Gasteiger partial charge in [-0.25, -0.2) is 53.8 Å². The van der Waals surface area contributed by atoms with E-state index in [4.69, 9.17) is 41.4 Å². The number of hydrogen-bond acceptors (Lipinski definition) is 30. The van der Waals surface area contributed by atoms with E-state index in [1.54, 1.807) is 62.1 Å². The van der Waals surface area contributed by atoms with Gasteiger partial charge in [-0.3, -0.25) is 19.2 Å². The van der Waals surface area contributed by atoms with Crippen LogP contribution in [-0.4, -0.2) is 171 Å². The Kier molecular flexibility index (Phi) is 33.0. The molecule has 6 fully saturated rings. The molecule has 0 spiro atoms. The zero-order valence-electron chi connectivity index (χ0n) is 84.6. The van der Waals surface area contributed by atoms with Crippen LogP contribution in [0.5, 0.6) is 11.6 Å². The van der Waals surface area contributed by atoms with Crippen molar-refractivity contribution >= 4 is 110 Å². The first-order valence-corrected chi connectivity index (χ1v) is 55.0. The van der Waals surface area contributed by atoms with E-state index in [9.17, 15) is 66.0 Å². The maximum atomic E-state index is 13.7. The summed E-state index contributed by atoms with van der Waals surface area (Å²) >= 11 is 0. The highest BCUT2D eigenvalue weighted by Gasteiger charge is 2.46. The summed E-state index contributed by atoms with van der Waals surface area (Å²) in [5.74, 6) is 1.25. The fourth-order valence-electron chi connectivity index (χ4n) is 21.0. The predicted octanol–water partition coefficient (Wildman–Crippen LogP) is 17.2. The molecule has 0 bridgehead atoms. The van der Waals surface area contributed by atoms with Crippen molar-refractivity contribution < 1.29 is 80.2 Å². The maximum absolute atomic E-state index is 13.7. The number of hydrogen-bond donors (Lipinski definition) is 7.